The molecule has 0 aromatic heterocycles. The van der Waals surface area contributed by atoms with Gasteiger partial charge in [0.05, 0.1) is 12.2 Å². The molecule has 0 amide bonds. The highest BCUT2D eigenvalue weighted by Crippen LogP contribution is 2.34. The first-order valence-electron chi connectivity index (χ1n) is 10.1. The first kappa shape index (κ1) is 23.6. The van der Waals surface area contributed by atoms with Gasteiger partial charge in [0.15, 0.2) is 0 Å². The average molecular weight is 381 g/mol. The number of aliphatic carboxylic acids is 1. The lowest BCUT2D eigenvalue weighted by atomic mass is 9.82. The molecule has 1 aliphatic carbocycles. The molecule has 0 aromatic rings. The van der Waals surface area contributed by atoms with Crippen LogP contribution in [0.25, 0.3) is 0 Å². The number of unbranched alkanes of at least 4 members (excludes halogenated alkanes) is 1. The molecule has 27 heavy (non-hydrogen) atoms. The van der Waals surface area contributed by atoms with E-state index in [9.17, 15) is 19.8 Å². The summed E-state index contributed by atoms with van der Waals surface area (Å²) in [7, 11) is 0. The van der Waals surface area contributed by atoms with Gasteiger partial charge < -0.3 is 15.3 Å². The Hall–Kier alpha value is -1.46. The van der Waals surface area contributed by atoms with Gasteiger partial charge in [-0.05, 0) is 37.5 Å². The van der Waals surface area contributed by atoms with Crippen LogP contribution in [0.4, 0.5) is 0 Å². The van der Waals surface area contributed by atoms with Gasteiger partial charge in [-0.1, -0.05) is 51.5 Å². The summed E-state index contributed by atoms with van der Waals surface area (Å²) in [5.41, 5.74) is 0.0563. The van der Waals surface area contributed by atoms with Crippen LogP contribution < -0.4 is 0 Å². The molecule has 3 N–H and O–H groups in total. The lowest BCUT2D eigenvalue weighted by molar-refractivity contribution is -0.137. The van der Waals surface area contributed by atoms with E-state index in [1.165, 1.54) is 0 Å². The van der Waals surface area contributed by atoms with Gasteiger partial charge in [0, 0.05) is 24.7 Å². The van der Waals surface area contributed by atoms with Crippen molar-refractivity contribution in [2.75, 3.05) is 0 Å². The van der Waals surface area contributed by atoms with Gasteiger partial charge in [-0.25, -0.2) is 0 Å². The van der Waals surface area contributed by atoms with Crippen LogP contribution >= 0.6 is 0 Å². The number of carboxylic acids is 1. The Morgan fingerprint density at radius 3 is 2.67 bits per heavy atom. The molecule has 0 aromatic carbocycles. The maximum absolute atomic E-state index is 12.2. The minimum absolute atomic E-state index is 0.0492. The van der Waals surface area contributed by atoms with Crippen LogP contribution in [0.15, 0.2) is 24.3 Å². The number of carboxylic acid groups (broad SMARTS) is 1. The fourth-order valence-corrected chi connectivity index (χ4v) is 3.93. The van der Waals surface area contributed by atoms with E-state index >= 15 is 0 Å². The van der Waals surface area contributed by atoms with Crippen LogP contribution in [-0.4, -0.2) is 39.3 Å². The molecule has 0 heterocycles. The Morgan fingerprint density at radius 1 is 1.33 bits per heavy atom. The van der Waals surface area contributed by atoms with Crippen LogP contribution in [0.3, 0.4) is 0 Å². The summed E-state index contributed by atoms with van der Waals surface area (Å²) in [6.07, 6.45) is 10.9. The fourth-order valence-electron chi connectivity index (χ4n) is 3.93. The maximum Gasteiger partial charge on any atom is 0.303 e. The van der Waals surface area contributed by atoms with Crippen molar-refractivity contribution >= 4 is 11.8 Å². The Kier molecular flexibility index (Phi) is 9.95. The summed E-state index contributed by atoms with van der Waals surface area (Å²) >= 11 is 0. The summed E-state index contributed by atoms with van der Waals surface area (Å²) in [6.45, 7) is 6.41. The normalized spacial score (nSPS) is 24.9. The third-order valence-electron chi connectivity index (χ3n) is 5.29. The van der Waals surface area contributed by atoms with E-state index < -0.39 is 18.2 Å². The van der Waals surface area contributed by atoms with E-state index in [1.807, 2.05) is 18.2 Å². The van der Waals surface area contributed by atoms with Crippen molar-refractivity contribution < 1.29 is 24.9 Å². The van der Waals surface area contributed by atoms with Crippen LogP contribution in [-0.2, 0) is 9.59 Å². The van der Waals surface area contributed by atoms with E-state index in [2.05, 4.69) is 20.8 Å². The third-order valence-corrected chi connectivity index (χ3v) is 5.29. The highest BCUT2D eigenvalue weighted by atomic mass is 16.4. The van der Waals surface area contributed by atoms with Gasteiger partial charge in [-0.3, -0.25) is 9.59 Å². The molecule has 1 fully saturated rings. The van der Waals surface area contributed by atoms with Crippen molar-refractivity contribution in [3.63, 3.8) is 0 Å². The van der Waals surface area contributed by atoms with Gasteiger partial charge in [0.2, 0.25) is 0 Å². The van der Waals surface area contributed by atoms with Crippen molar-refractivity contribution in [3.05, 3.63) is 24.3 Å². The number of carbonyl (C=O) groups is 2. The number of allylic oxidation sites excluding steroid dienone is 2. The van der Waals surface area contributed by atoms with Crippen molar-refractivity contribution in [2.45, 2.75) is 84.3 Å². The van der Waals surface area contributed by atoms with E-state index in [0.717, 1.165) is 12.8 Å². The summed E-state index contributed by atoms with van der Waals surface area (Å²) in [6, 6.07) is 0. The molecule has 0 bridgehead atoms. The molecule has 0 saturated heterocycles. The molecule has 0 aliphatic heterocycles. The molecule has 154 valence electrons. The number of hydrogen-bond donors (Lipinski definition) is 3. The second kappa shape index (κ2) is 11.4. The number of carbonyl (C=O) groups excluding carboxylic acids is 1. The van der Waals surface area contributed by atoms with E-state index in [0.29, 0.717) is 25.7 Å². The lowest BCUT2D eigenvalue weighted by Crippen LogP contribution is -2.21. The Morgan fingerprint density at radius 2 is 2.04 bits per heavy atom. The van der Waals surface area contributed by atoms with Crippen molar-refractivity contribution in [2.24, 2.45) is 17.3 Å². The van der Waals surface area contributed by atoms with Crippen LogP contribution in [0.1, 0.15) is 72.1 Å². The molecule has 0 spiro atoms. The highest BCUT2D eigenvalue weighted by molar-refractivity contribution is 5.84. The first-order chi connectivity index (χ1) is 12.7. The number of Topliss-reactive ketones (excluding diaryl/α,β-unsaturated/α-hetero) is 1. The van der Waals surface area contributed by atoms with Gasteiger partial charge in [0.25, 0.3) is 0 Å². The Labute approximate surface area is 163 Å². The minimum Gasteiger partial charge on any atom is -0.481 e. The molecule has 1 saturated carbocycles. The van der Waals surface area contributed by atoms with Crippen molar-refractivity contribution in [3.8, 4) is 0 Å². The highest BCUT2D eigenvalue weighted by Gasteiger charge is 2.39. The molecule has 4 atom stereocenters. The van der Waals surface area contributed by atoms with Crippen molar-refractivity contribution in [1.29, 1.82) is 0 Å². The van der Waals surface area contributed by atoms with E-state index in [1.54, 1.807) is 6.08 Å². The SMILES string of the molecule is CCCC(C)(C)C[C@H](O)/C=C/[C@H]1[C@H](O)CC(=O)[C@@H]1C/C=C\CCCC(=O)O. The van der Waals surface area contributed by atoms with E-state index in [4.69, 9.17) is 5.11 Å². The number of aliphatic hydroxyl groups is 2. The number of aliphatic hydroxyl groups excluding tert-OH is 2. The second-order valence-electron chi connectivity index (χ2n) is 8.49. The molecule has 0 radical (unpaired) electrons. The largest absolute Gasteiger partial charge is 0.481 e. The molecule has 1 aliphatic rings. The zero-order valence-corrected chi connectivity index (χ0v) is 16.9. The van der Waals surface area contributed by atoms with Crippen LogP contribution in [0.5, 0.6) is 0 Å². The molecule has 5 nitrogen and oxygen atoms in total. The quantitative estimate of drug-likeness (QED) is 0.353. The molecule has 5 heteroatoms. The molecule has 0 unspecified atom stereocenters. The van der Waals surface area contributed by atoms with E-state index in [-0.39, 0.29) is 35.9 Å². The average Bonchev–Trinajstić information content (AvgIpc) is 2.81. The zero-order valence-electron chi connectivity index (χ0n) is 16.9. The standard InChI is InChI=1S/C22H36O5/c1-4-13-22(2,3)15-16(23)11-12-18-17(19(24)14-20(18)25)9-7-5-6-8-10-21(26)27/h5,7,11-12,16-18,20,23,25H,4,6,8-10,13-15H2,1-3H3,(H,26,27)/b7-5-,12-11+/t16-,17-,18-,20-/m1/s1. The fraction of sp³-hybridized carbons (Fsp3) is 0.727. The second-order valence-corrected chi connectivity index (χ2v) is 8.49. The summed E-state index contributed by atoms with van der Waals surface area (Å²) < 4.78 is 0. The molecule has 1 rings (SSSR count). The predicted molar refractivity (Wildman–Crippen MR) is 106 cm³/mol. The van der Waals surface area contributed by atoms with Crippen LogP contribution in [0, 0.1) is 17.3 Å². The molecular formula is C22H36O5. The Balaban J connectivity index is 2.58. The summed E-state index contributed by atoms with van der Waals surface area (Å²) in [5, 5.41) is 29.2. The number of hydrogen-bond acceptors (Lipinski definition) is 4. The number of rotatable bonds is 12. The summed E-state index contributed by atoms with van der Waals surface area (Å²) in [4.78, 5) is 22.7. The van der Waals surface area contributed by atoms with Gasteiger partial charge >= 0.3 is 5.97 Å². The minimum atomic E-state index is -0.802. The molecular weight excluding hydrogens is 344 g/mol. The van der Waals surface area contributed by atoms with Gasteiger partial charge in [-0.15, -0.1) is 0 Å². The first-order valence-corrected chi connectivity index (χ1v) is 10.1. The van der Waals surface area contributed by atoms with Gasteiger partial charge in [0.1, 0.15) is 5.78 Å². The topological polar surface area (TPSA) is 94.8 Å². The Bertz CT molecular complexity index is 535. The third kappa shape index (κ3) is 8.85. The monoisotopic (exact) mass is 380 g/mol. The smallest absolute Gasteiger partial charge is 0.303 e. The zero-order chi connectivity index (χ0) is 20.4. The predicted octanol–water partition coefficient (Wildman–Crippen LogP) is 3.89. The van der Waals surface area contributed by atoms with Crippen molar-refractivity contribution in [1.82, 2.24) is 0 Å². The maximum atomic E-state index is 12.2. The van der Waals surface area contributed by atoms with Crippen LogP contribution in [0.2, 0.25) is 0 Å². The van der Waals surface area contributed by atoms with Gasteiger partial charge in [-0.2, -0.15) is 0 Å². The lowest BCUT2D eigenvalue weighted by Gasteiger charge is -2.26. The number of ketones is 1. The summed E-state index contributed by atoms with van der Waals surface area (Å²) in [5.74, 6) is -1.30.